The summed E-state index contributed by atoms with van der Waals surface area (Å²) in [7, 11) is -3.48. The van der Waals surface area contributed by atoms with Crippen LogP contribution in [0.4, 0.5) is 0 Å². The Bertz CT molecular complexity index is 532. The van der Waals surface area contributed by atoms with Crippen molar-refractivity contribution in [1.82, 2.24) is 9.29 Å². The summed E-state index contributed by atoms with van der Waals surface area (Å²) in [5.41, 5.74) is 0.640. The summed E-state index contributed by atoms with van der Waals surface area (Å²) in [6, 6.07) is 1.54. The third kappa shape index (κ3) is 3.38. The number of aliphatic hydroxyl groups excluding tert-OH is 1. The summed E-state index contributed by atoms with van der Waals surface area (Å²) in [4.78, 5) is 0.248. The lowest BCUT2D eigenvalue weighted by Gasteiger charge is -2.12. The zero-order valence-corrected chi connectivity index (χ0v) is 12.3. The Hall–Kier alpha value is -0.850. The van der Waals surface area contributed by atoms with E-state index >= 15 is 0 Å². The van der Waals surface area contributed by atoms with E-state index < -0.39 is 10.0 Å². The molecular formula is C13H22N2O3S. The molecule has 0 spiro atoms. The maximum atomic E-state index is 12.3. The fraction of sp³-hybridized carbons (Fsp3) is 0.692. The van der Waals surface area contributed by atoms with Gasteiger partial charge in [-0.15, -0.1) is 0 Å². The summed E-state index contributed by atoms with van der Waals surface area (Å²) in [6.07, 6.45) is 4.70. The van der Waals surface area contributed by atoms with Crippen molar-refractivity contribution in [2.45, 2.75) is 57.2 Å². The predicted molar refractivity (Wildman–Crippen MR) is 73.2 cm³/mol. The molecule has 2 rings (SSSR count). The van der Waals surface area contributed by atoms with E-state index in [9.17, 15) is 13.5 Å². The molecule has 1 fully saturated rings. The molecule has 1 aromatic heterocycles. The quantitative estimate of drug-likeness (QED) is 0.797. The first-order valence-corrected chi connectivity index (χ1v) is 8.28. The molecule has 0 saturated heterocycles. The first-order chi connectivity index (χ1) is 8.97. The molecule has 1 atom stereocenters. The number of sulfonamides is 1. The summed E-state index contributed by atoms with van der Waals surface area (Å²) in [5, 5.41) is 9.27. The lowest BCUT2D eigenvalue weighted by molar-refractivity contribution is 0.270. The molecule has 1 aromatic rings. The Morgan fingerprint density at radius 2 is 2.21 bits per heavy atom. The van der Waals surface area contributed by atoms with Gasteiger partial charge in [0.15, 0.2) is 0 Å². The number of nitrogens with one attached hydrogen (secondary N) is 1. The topological polar surface area (TPSA) is 71.3 Å². The van der Waals surface area contributed by atoms with Crippen molar-refractivity contribution < 1.29 is 13.5 Å². The SMILES string of the molecule is CCCn1cc(S(=O)(=O)NC(C)C2CC2)cc1CO. The highest BCUT2D eigenvalue weighted by atomic mass is 32.2. The molecule has 1 unspecified atom stereocenters. The molecule has 5 nitrogen and oxygen atoms in total. The Kier molecular flexibility index (Phi) is 4.32. The molecule has 108 valence electrons. The van der Waals surface area contributed by atoms with E-state index in [0.29, 0.717) is 18.2 Å². The third-order valence-electron chi connectivity index (χ3n) is 3.57. The molecular weight excluding hydrogens is 264 g/mol. The van der Waals surface area contributed by atoms with Gasteiger partial charge in [-0.25, -0.2) is 13.1 Å². The zero-order valence-electron chi connectivity index (χ0n) is 11.5. The van der Waals surface area contributed by atoms with Gasteiger partial charge in [0.1, 0.15) is 0 Å². The third-order valence-corrected chi connectivity index (χ3v) is 5.09. The van der Waals surface area contributed by atoms with Crippen LogP contribution in [0.25, 0.3) is 0 Å². The van der Waals surface area contributed by atoms with Crippen molar-refractivity contribution in [2.24, 2.45) is 5.92 Å². The minimum Gasteiger partial charge on any atom is -0.390 e. The Labute approximate surface area is 114 Å². The lowest BCUT2D eigenvalue weighted by Crippen LogP contribution is -2.33. The van der Waals surface area contributed by atoms with Crippen LogP contribution < -0.4 is 4.72 Å². The molecule has 0 radical (unpaired) electrons. The maximum Gasteiger partial charge on any atom is 0.242 e. The number of hydrogen-bond donors (Lipinski definition) is 2. The standard InChI is InChI=1S/C13H22N2O3S/c1-3-6-15-8-13(7-12(15)9-16)19(17,18)14-10(2)11-4-5-11/h7-8,10-11,14,16H,3-6,9H2,1-2H3. The van der Waals surface area contributed by atoms with Crippen molar-refractivity contribution >= 4 is 10.0 Å². The molecule has 0 aromatic carbocycles. The van der Waals surface area contributed by atoms with E-state index in [2.05, 4.69) is 4.72 Å². The summed E-state index contributed by atoms with van der Waals surface area (Å²) >= 11 is 0. The van der Waals surface area contributed by atoms with Crippen LogP contribution in [0.15, 0.2) is 17.2 Å². The summed E-state index contributed by atoms with van der Waals surface area (Å²) in [5.74, 6) is 0.477. The van der Waals surface area contributed by atoms with Crippen LogP contribution >= 0.6 is 0 Å². The van der Waals surface area contributed by atoms with E-state index in [1.54, 1.807) is 16.8 Å². The Morgan fingerprint density at radius 1 is 1.53 bits per heavy atom. The number of aliphatic hydroxyl groups is 1. The monoisotopic (exact) mass is 286 g/mol. The Morgan fingerprint density at radius 3 is 2.74 bits per heavy atom. The van der Waals surface area contributed by atoms with Gasteiger partial charge >= 0.3 is 0 Å². The molecule has 0 bridgehead atoms. The second-order valence-electron chi connectivity index (χ2n) is 5.27. The molecule has 6 heteroatoms. The van der Waals surface area contributed by atoms with Crippen LogP contribution in [0.1, 0.15) is 38.8 Å². The van der Waals surface area contributed by atoms with Gasteiger partial charge in [-0.2, -0.15) is 0 Å². The summed E-state index contributed by atoms with van der Waals surface area (Å²) in [6.45, 7) is 4.49. The van der Waals surface area contributed by atoms with Gasteiger partial charge in [0, 0.05) is 24.5 Å². The molecule has 1 aliphatic carbocycles. The normalized spacial score (nSPS) is 17.6. The van der Waals surface area contributed by atoms with Gasteiger partial charge in [0.2, 0.25) is 10.0 Å². The first kappa shape index (κ1) is 14.6. The molecule has 0 amide bonds. The van der Waals surface area contributed by atoms with E-state index in [-0.39, 0.29) is 17.5 Å². The van der Waals surface area contributed by atoms with E-state index in [0.717, 1.165) is 19.3 Å². The highest BCUT2D eigenvalue weighted by molar-refractivity contribution is 7.89. The molecule has 19 heavy (non-hydrogen) atoms. The second kappa shape index (κ2) is 5.64. The van der Waals surface area contributed by atoms with Crippen molar-refractivity contribution in [3.8, 4) is 0 Å². The van der Waals surface area contributed by atoms with Crippen LogP contribution in [0.2, 0.25) is 0 Å². The minimum absolute atomic E-state index is 0.0166. The fourth-order valence-electron chi connectivity index (χ4n) is 2.26. The maximum absolute atomic E-state index is 12.3. The van der Waals surface area contributed by atoms with Crippen LogP contribution in [0.5, 0.6) is 0 Å². The highest BCUT2D eigenvalue weighted by Gasteiger charge is 2.31. The number of rotatable bonds is 7. The van der Waals surface area contributed by atoms with Gasteiger partial charge in [-0.3, -0.25) is 0 Å². The lowest BCUT2D eigenvalue weighted by atomic mass is 10.2. The van der Waals surface area contributed by atoms with E-state index in [1.807, 2.05) is 13.8 Å². The summed E-state index contributed by atoms with van der Waals surface area (Å²) < 4.78 is 29.0. The van der Waals surface area contributed by atoms with Crippen LogP contribution in [0.3, 0.4) is 0 Å². The van der Waals surface area contributed by atoms with Crippen LogP contribution in [0, 0.1) is 5.92 Å². The van der Waals surface area contributed by atoms with Gasteiger partial charge in [-0.1, -0.05) is 6.92 Å². The van der Waals surface area contributed by atoms with E-state index in [1.165, 1.54) is 0 Å². The second-order valence-corrected chi connectivity index (χ2v) is 6.98. The number of nitrogens with zero attached hydrogens (tertiary/aromatic N) is 1. The van der Waals surface area contributed by atoms with Crippen molar-refractivity contribution in [1.29, 1.82) is 0 Å². The van der Waals surface area contributed by atoms with Gasteiger partial charge in [-0.05, 0) is 38.2 Å². The number of aromatic nitrogens is 1. The molecule has 1 saturated carbocycles. The smallest absolute Gasteiger partial charge is 0.242 e. The number of hydrogen-bond acceptors (Lipinski definition) is 3. The van der Waals surface area contributed by atoms with Gasteiger partial charge < -0.3 is 9.67 Å². The largest absolute Gasteiger partial charge is 0.390 e. The van der Waals surface area contributed by atoms with Crippen molar-refractivity contribution in [3.05, 3.63) is 18.0 Å². The zero-order chi connectivity index (χ0) is 14.0. The molecule has 1 aliphatic rings. The molecule has 2 N–H and O–H groups in total. The van der Waals surface area contributed by atoms with Crippen molar-refractivity contribution in [3.63, 3.8) is 0 Å². The Balaban J connectivity index is 2.19. The number of aryl methyl sites for hydroxylation is 1. The molecule has 1 heterocycles. The van der Waals surface area contributed by atoms with E-state index in [4.69, 9.17) is 0 Å². The van der Waals surface area contributed by atoms with Gasteiger partial charge in [0.05, 0.1) is 11.5 Å². The average molecular weight is 286 g/mol. The highest BCUT2D eigenvalue weighted by Crippen LogP contribution is 2.33. The molecule has 0 aliphatic heterocycles. The predicted octanol–water partition coefficient (Wildman–Crippen LogP) is 1.47. The van der Waals surface area contributed by atoms with Crippen LogP contribution in [-0.2, 0) is 23.2 Å². The minimum atomic E-state index is -3.48. The van der Waals surface area contributed by atoms with Crippen molar-refractivity contribution in [2.75, 3.05) is 0 Å². The van der Waals surface area contributed by atoms with Gasteiger partial charge in [0.25, 0.3) is 0 Å². The first-order valence-electron chi connectivity index (χ1n) is 6.80. The fourth-order valence-corrected chi connectivity index (χ4v) is 3.63. The average Bonchev–Trinajstić information content (AvgIpc) is 3.11. The van der Waals surface area contributed by atoms with Crippen LogP contribution in [-0.4, -0.2) is 24.1 Å².